The highest BCUT2D eigenvalue weighted by atomic mass is 35.5. The van der Waals surface area contributed by atoms with Crippen LogP contribution in [0.15, 0.2) is 24.5 Å². The fourth-order valence-corrected chi connectivity index (χ4v) is 3.90. The zero-order valence-corrected chi connectivity index (χ0v) is 17.3. The van der Waals surface area contributed by atoms with E-state index >= 15 is 0 Å². The summed E-state index contributed by atoms with van der Waals surface area (Å²) < 4.78 is 5.44. The lowest BCUT2D eigenvalue weighted by Gasteiger charge is -2.18. The third-order valence-electron chi connectivity index (χ3n) is 5.42. The molecule has 4 rings (SSSR count). The van der Waals surface area contributed by atoms with Crippen LogP contribution in [0, 0.1) is 0 Å². The Balaban J connectivity index is 0.00000131. The van der Waals surface area contributed by atoms with Crippen LogP contribution >= 0.6 is 24.8 Å². The van der Waals surface area contributed by atoms with E-state index in [1.807, 2.05) is 0 Å². The van der Waals surface area contributed by atoms with Crippen molar-refractivity contribution in [3.8, 4) is 0 Å². The molecule has 150 valence electrons. The van der Waals surface area contributed by atoms with E-state index in [9.17, 15) is 0 Å². The van der Waals surface area contributed by atoms with E-state index in [0.29, 0.717) is 12.1 Å². The minimum atomic E-state index is 0. The number of anilines is 1. The molecule has 1 aromatic heterocycles. The maximum absolute atomic E-state index is 5.44. The van der Waals surface area contributed by atoms with Gasteiger partial charge in [0.2, 0.25) is 0 Å². The van der Waals surface area contributed by atoms with Gasteiger partial charge in [-0.1, -0.05) is 31.7 Å². The summed E-state index contributed by atoms with van der Waals surface area (Å²) in [5.74, 6) is 0.989. The van der Waals surface area contributed by atoms with E-state index in [2.05, 4.69) is 38.8 Å². The second kappa shape index (κ2) is 11.0. The van der Waals surface area contributed by atoms with Crippen LogP contribution in [0.1, 0.15) is 50.5 Å². The van der Waals surface area contributed by atoms with Gasteiger partial charge in [-0.25, -0.2) is 9.97 Å². The van der Waals surface area contributed by atoms with Crippen molar-refractivity contribution in [2.24, 2.45) is 0 Å². The van der Waals surface area contributed by atoms with E-state index in [1.165, 1.54) is 44.1 Å². The number of rotatable bonds is 5. The lowest BCUT2D eigenvalue weighted by molar-refractivity contribution is 0.190. The highest BCUT2D eigenvalue weighted by Gasteiger charge is 2.16. The van der Waals surface area contributed by atoms with Gasteiger partial charge in [0, 0.05) is 30.6 Å². The Morgan fingerprint density at radius 1 is 0.963 bits per heavy atom. The zero-order chi connectivity index (χ0) is 16.9. The molecule has 2 fully saturated rings. The quantitative estimate of drug-likeness (QED) is 0.708. The third kappa shape index (κ3) is 5.92. The van der Waals surface area contributed by atoms with Gasteiger partial charge in [-0.2, -0.15) is 0 Å². The maximum Gasteiger partial charge on any atom is 0.137 e. The minimum Gasteiger partial charge on any atom is -0.380 e. The van der Waals surface area contributed by atoms with Gasteiger partial charge in [-0.15, -0.1) is 24.8 Å². The predicted octanol–water partition coefficient (Wildman–Crippen LogP) is 4.49. The molecular formula is C20H30Cl2N4O. The van der Waals surface area contributed by atoms with Gasteiger partial charge in [0.15, 0.2) is 0 Å². The Morgan fingerprint density at radius 2 is 1.78 bits per heavy atom. The van der Waals surface area contributed by atoms with Crippen LogP contribution < -0.4 is 10.6 Å². The molecule has 1 saturated heterocycles. The Labute approximate surface area is 173 Å². The average Bonchev–Trinajstić information content (AvgIpc) is 3.04. The molecule has 0 bridgehead atoms. The van der Waals surface area contributed by atoms with Crippen LogP contribution in [0.3, 0.4) is 0 Å². The molecule has 0 spiro atoms. The normalized spacial score (nSPS) is 20.5. The SMILES string of the molecule is Cl.Cl.c1nc(NC2CCCCCC2)c2cc(CN[C@H]3CCOC3)ccc2n1. The third-order valence-corrected chi connectivity index (χ3v) is 5.42. The van der Waals surface area contributed by atoms with E-state index in [0.717, 1.165) is 42.9 Å². The van der Waals surface area contributed by atoms with Crippen molar-refractivity contribution in [1.82, 2.24) is 15.3 Å². The second-order valence-corrected chi connectivity index (χ2v) is 7.35. The first-order valence-corrected chi connectivity index (χ1v) is 9.70. The van der Waals surface area contributed by atoms with Crippen LogP contribution in [0.2, 0.25) is 0 Å². The van der Waals surface area contributed by atoms with Crippen molar-refractivity contribution >= 4 is 41.5 Å². The molecule has 2 heterocycles. The number of benzene rings is 1. The van der Waals surface area contributed by atoms with Gasteiger partial charge in [0.05, 0.1) is 12.1 Å². The smallest absolute Gasteiger partial charge is 0.137 e. The van der Waals surface area contributed by atoms with Gasteiger partial charge >= 0.3 is 0 Å². The van der Waals surface area contributed by atoms with Gasteiger partial charge in [0.1, 0.15) is 12.1 Å². The number of fused-ring (bicyclic) bond motifs is 1. The largest absolute Gasteiger partial charge is 0.380 e. The molecule has 2 aliphatic rings. The molecule has 2 N–H and O–H groups in total. The molecule has 2 aromatic rings. The molecule has 1 aromatic carbocycles. The summed E-state index contributed by atoms with van der Waals surface area (Å²) in [7, 11) is 0. The first-order valence-electron chi connectivity index (χ1n) is 9.70. The molecule has 0 amide bonds. The van der Waals surface area contributed by atoms with E-state index in [1.54, 1.807) is 6.33 Å². The maximum atomic E-state index is 5.44. The number of hydrogen-bond acceptors (Lipinski definition) is 5. The van der Waals surface area contributed by atoms with Crippen LogP contribution in [-0.4, -0.2) is 35.3 Å². The standard InChI is InChI=1S/C20H28N4O.2ClH/c1-2-4-6-16(5-3-1)24-20-18-11-15(7-8-19(18)22-14-23-20)12-21-17-9-10-25-13-17;;/h7-8,11,14,16-17,21H,1-6,9-10,12-13H2,(H,22,23,24);2*1H/t17-;;/m0../s1. The van der Waals surface area contributed by atoms with Gasteiger partial charge in [-0.05, 0) is 37.0 Å². The van der Waals surface area contributed by atoms with Gasteiger partial charge in [-0.3, -0.25) is 0 Å². The van der Waals surface area contributed by atoms with Crippen molar-refractivity contribution in [3.63, 3.8) is 0 Å². The summed E-state index contributed by atoms with van der Waals surface area (Å²) in [6, 6.07) is 7.52. The number of halogens is 2. The van der Waals surface area contributed by atoms with E-state index < -0.39 is 0 Å². The summed E-state index contributed by atoms with van der Waals surface area (Å²) in [5.41, 5.74) is 2.29. The Bertz CT molecular complexity index is 701. The number of ether oxygens (including phenoxy) is 1. The summed E-state index contributed by atoms with van der Waals surface area (Å²) in [6.07, 6.45) is 10.6. The fourth-order valence-electron chi connectivity index (χ4n) is 3.90. The van der Waals surface area contributed by atoms with Crippen molar-refractivity contribution < 1.29 is 4.74 Å². The monoisotopic (exact) mass is 412 g/mol. The summed E-state index contributed by atoms with van der Waals surface area (Å²) in [6.45, 7) is 2.56. The first kappa shape index (κ1) is 22.2. The molecule has 1 aliphatic carbocycles. The van der Waals surface area contributed by atoms with Crippen molar-refractivity contribution in [2.75, 3.05) is 18.5 Å². The minimum absolute atomic E-state index is 0. The lowest BCUT2D eigenvalue weighted by atomic mass is 10.1. The topological polar surface area (TPSA) is 59.1 Å². The van der Waals surface area contributed by atoms with Crippen LogP contribution in [0.5, 0.6) is 0 Å². The highest BCUT2D eigenvalue weighted by Crippen LogP contribution is 2.25. The predicted molar refractivity (Wildman–Crippen MR) is 115 cm³/mol. The molecular weight excluding hydrogens is 383 g/mol. The number of nitrogens with zero attached hydrogens (tertiary/aromatic N) is 2. The average molecular weight is 413 g/mol. The molecule has 0 radical (unpaired) electrons. The van der Waals surface area contributed by atoms with Gasteiger partial charge < -0.3 is 15.4 Å². The summed E-state index contributed by atoms with van der Waals surface area (Å²) >= 11 is 0. The second-order valence-electron chi connectivity index (χ2n) is 7.35. The highest BCUT2D eigenvalue weighted by molar-refractivity contribution is 5.89. The van der Waals surface area contributed by atoms with Crippen molar-refractivity contribution in [1.29, 1.82) is 0 Å². The molecule has 1 aliphatic heterocycles. The van der Waals surface area contributed by atoms with E-state index in [4.69, 9.17) is 4.74 Å². The molecule has 1 atom stereocenters. The number of nitrogens with one attached hydrogen (secondary N) is 2. The molecule has 27 heavy (non-hydrogen) atoms. The summed E-state index contributed by atoms with van der Waals surface area (Å²) in [5, 5.41) is 8.42. The van der Waals surface area contributed by atoms with Crippen molar-refractivity contribution in [3.05, 3.63) is 30.1 Å². The van der Waals surface area contributed by atoms with E-state index in [-0.39, 0.29) is 24.8 Å². The van der Waals surface area contributed by atoms with Crippen LogP contribution in [0.4, 0.5) is 5.82 Å². The van der Waals surface area contributed by atoms with Crippen LogP contribution in [-0.2, 0) is 11.3 Å². The lowest BCUT2D eigenvalue weighted by Crippen LogP contribution is -2.28. The Hall–Kier alpha value is -1.14. The molecule has 1 saturated carbocycles. The van der Waals surface area contributed by atoms with Gasteiger partial charge in [0.25, 0.3) is 0 Å². The molecule has 0 unspecified atom stereocenters. The zero-order valence-electron chi connectivity index (χ0n) is 15.7. The number of aromatic nitrogens is 2. The molecule has 7 heteroatoms. The van der Waals surface area contributed by atoms with Crippen molar-refractivity contribution in [2.45, 2.75) is 63.6 Å². The molecule has 5 nitrogen and oxygen atoms in total. The first-order chi connectivity index (χ1) is 12.4. The van der Waals surface area contributed by atoms with Crippen LogP contribution in [0.25, 0.3) is 10.9 Å². The summed E-state index contributed by atoms with van der Waals surface area (Å²) in [4.78, 5) is 8.99. The Morgan fingerprint density at radius 3 is 2.52 bits per heavy atom. The Kier molecular flexibility index (Phi) is 9.03. The fraction of sp³-hybridized carbons (Fsp3) is 0.600. The number of hydrogen-bond donors (Lipinski definition) is 2.